The molecule has 2 nitrogen and oxygen atoms in total. The molecule has 0 N–H and O–H groups in total. The Hall–Kier alpha value is -8.20. The minimum Gasteiger partial charge on any atom is -0.455 e. The second-order valence-corrected chi connectivity index (χ2v) is 15.7. The largest absolute Gasteiger partial charge is 0.455 e. The van der Waals surface area contributed by atoms with Crippen molar-refractivity contribution in [1.29, 1.82) is 0 Å². The third-order valence-corrected chi connectivity index (χ3v) is 12.2. The van der Waals surface area contributed by atoms with Crippen molar-refractivity contribution < 1.29 is 25.0 Å². The molecule has 12 rings (SSSR count). The van der Waals surface area contributed by atoms with Crippen LogP contribution in [0, 0.1) is 6.85 Å². The van der Waals surface area contributed by atoms with Crippen molar-refractivity contribution in [2.75, 3.05) is 4.90 Å². The normalized spacial score (nSPS) is 17.6. The average Bonchev–Trinajstić information content (AvgIpc) is 3.89. The second kappa shape index (κ2) is 15.3. The van der Waals surface area contributed by atoms with E-state index in [1.54, 1.807) is 30.3 Å². The van der Waals surface area contributed by atoms with Crippen LogP contribution in [-0.4, -0.2) is 0 Å². The molecule has 0 radical (unpaired) electrons. The van der Waals surface area contributed by atoms with E-state index in [0.717, 1.165) is 33.6 Å². The Labute approximate surface area is 395 Å². The highest BCUT2D eigenvalue weighted by molar-refractivity contribution is 6.09. The highest BCUT2D eigenvalue weighted by Crippen LogP contribution is 2.58. The van der Waals surface area contributed by atoms with E-state index in [-0.39, 0.29) is 44.2 Å². The van der Waals surface area contributed by atoms with Gasteiger partial charge >= 0.3 is 0 Å². The van der Waals surface area contributed by atoms with Gasteiger partial charge in [-0.2, -0.15) is 0 Å². The first-order chi connectivity index (χ1) is 37.8. The summed E-state index contributed by atoms with van der Waals surface area (Å²) in [5.74, 6) is 0. The second-order valence-electron chi connectivity index (χ2n) is 15.7. The lowest BCUT2D eigenvalue weighted by Gasteiger charge is -2.35. The SMILES string of the molecule is [2H]c1c([2H])c([2H])c(C2(c3ccc(-c4c([2H])c([2H])c([2H])c5c4oc4c([2H])c([2H])c([2H])c([2H])c45)cc3)c3cc(N(c4ccc(-c5ccccc5)cc4)c4cccc(-c5ccccc5)c4)ccc3-c3ccc(C([2H])([2H])[2H])cc32)c([2H])c1[2H]. The maximum Gasteiger partial charge on any atom is 0.143 e. The highest BCUT2D eigenvalue weighted by atomic mass is 16.3. The van der Waals surface area contributed by atoms with Gasteiger partial charge < -0.3 is 9.32 Å². The molecule has 0 bridgehead atoms. The minimum absolute atomic E-state index is 0.0123. The number of hydrogen-bond donors (Lipinski definition) is 0. The van der Waals surface area contributed by atoms with Crippen molar-refractivity contribution in [3.63, 3.8) is 0 Å². The standard InChI is InChI=1S/C62H43NO/c1-42-27-37-54-55-38-36-52(63(50-34-30-45(31-35-50)43-15-5-2-6-16-43)51-22-13-19-47(40-51)44-17-7-3-8-18-44)41-59(55)62(58(54)39-42,48-20-9-4-10-21-48)49-32-28-46(29-33-49)53-24-14-25-57-56-23-11-12-26-60(56)64-61(53)57/h2-41H,1H3/i1D3,4D,9D,10D,11D,12D,14D,20D,21D,23D,24D,25D,26D. The Morgan fingerprint density at radius 2 is 1.03 bits per heavy atom. The van der Waals surface area contributed by atoms with Crippen LogP contribution in [-0.2, 0) is 5.41 Å². The number of para-hydroxylation sites is 2. The van der Waals surface area contributed by atoms with Crippen LogP contribution in [0.25, 0.3) is 66.4 Å². The van der Waals surface area contributed by atoms with Crippen molar-refractivity contribution >= 4 is 39.0 Å². The quantitative estimate of drug-likeness (QED) is 0.152. The molecular formula is C62H43NO. The Morgan fingerprint density at radius 1 is 0.422 bits per heavy atom. The summed E-state index contributed by atoms with van der Waals surface area (Å²) >= 11 is 0. The molecule has 1 atom stereocenters. The molecule has 11 aromatic rings. The van der Waals surface area contributed by atoms with Crippen LogP contribution in [0.2, 0.25) is 0 Å². The zero-order valence-corrected chi connectivity index (χ0v) is 34.0. The molecule has 0 fully saturated rings. The monoisotopic (exact) mass is 832 g/mol. The topological polar surface area (TPSA) is 16.4 Å². The van der Waals surface area contributed by atoms with Gasteiger partial charge in [-0.05, 0) is 110 Å². The number of fused-ring (bicyclic) bond motifs is 6. The van der Waals surface area contributed by atoms with E-state index in [1.165, 1.54) is 12.1 Å². The maximum absolute atomic E-state index is 9.77. The summed E-state index contributed by atoms with van der Waals surface area (Å²) in [6.07, 6.45) is 0. The van der Waals surface area contributed by atoms with Gasteiger partial charge in [0, 0.05) is 37.5 Å². The van der Waals surface area contributed by atoms with Crippen LogP contribution in [0.15, 0.2) is 247 Å². The molecule has 1 aliphatic rings. The van der Waals surface area contributed by atoms with Gasteiger partial charge in [-0.1, -0.05) is 205 Å². The third kappa shape index (κ3) is 6.10. The summed E-state index contributed by atoms with van der Waals surface area (Å²) in [6.45, 7) is -2.64. The molecule has 1 aliphatic carbocycles. The first-order valence-corrected chi connectivity index (χ1v) is 20.8. The number of aryl methyl sites for hydroxylation is 1. The maximum atomic E-state index is 9.77. The van der Waals surface area contributed by atoms with E-state index >= 15 is 0 Å². The molecule has 0 saturated carbocycles. The predicted octanol–water partition coefficient (Wildman–Crippen LogP) is 16.7. The van der Waals surface area contributed by atoms with Crippen molar-refractivity contribution in [2.24, 2.45) is 0 Å². The fraction of sp³-hybridized carbons (Fsp3) is 0.0323. The molecule has 64 heavy (non-hydrogen) atoms. The summed E-state index contributed by atoms with van der Waals surface area (Å²) < 4.78 is 140. The smallest absolute Gasteiger partial charge is 0.143 e. The molecule has 0 aliphatic heterocycles. The zero-order chi connectivity index (χ0) is 55.6. The molecule has 1 aromatic heterocycles. The summed E-state index contributed by atoms with van der Waals surface area (Å²) in [4.78, 5) is 2.08. The summed E-state index contributed by atoms with van der Waals surface area (Å²) in [5.41, 5.74) is 6.27. The van der Waals surface area contributed by atoms with Crippen LogP contribution in [0.4, 0.5) is 17.1 Å². The number of anilines is 3. The van der Waals surface area contributed by atoms with Crippen LogP contribution in [0.3, 0.4) is 0 Å². The Balaban J connectivity index is 1.16. The van der Waals surface area contributed by atoms with E-state index in [2.05, 4.69) is 11.0 Å². The van der Waals surface area contributed by atoms with Gasteiger partial charge in [0.05, 0.1) is 21.9 Å². The van der Waals surface area contributed by atoms with Crippen molar-refractivity contribution in [3.8, 4) is 44.5 Å². The van der Waals surface area contributed by atoms with Crippen molar-refractivity contribution in [1.82, 2.24) is 0 Å². The van der Waals surface area contributed by atoms with Crippen LogP contribution in [0.1, 0.15) is 48.4 Å². The van der Waals surface area contributed by atoms with Crippen molar-refractivity contribution in [3.05, 3.63) is 270 Å². The predicted molar refractivity (Wildman–Crippen MR) is 267 cm³/mol. The van der Waals surface area contributed by atoms with E-state index in [0.29, 0.717) is 33.5 Å². The molecule has 1 unspecified atom stereocenters. The van der Waals surface area contributed by atoms with Gasteiger partial charge in [0.15, 0.2) is 0 Å². The lowest BCUT2D eigenvalue weighted by atomic mass is 9.67. The van der Waals surface area contributed by atoms with Crippen molar-refractivity contribution in [2.45, 2.75) is 12.3 Å². The average molecular weight is 833 g/mol. The van der Waals surface area contributed by atoms with E-state index < -0.39 is 84.8 Å². The van der Waals surface area contributed by atoms with Gasteiger partial charge in [-0.3, -0.25) is 0 Å². The van der Waals surface area contributed by atoms with E-state index in [9.17, 15) is 4.11 Å². The van der Waals surface area contributed by atoms with Crippen LogP contribution in [0.5, 0.6) is 0 Å². The molecule has 10 aromatic carbocycles. The molecule has 2 heteroatoms. The fourth-order valence-electron chi connectivity index (χ4n) is 9.37. The van der Waals surface area contributed by atoms with Gasteiger partial charge in [-0.25, -0.2) is 0 Å². The number of benzene rings is 10. The summed E-state index contributed by atoms with van der Waals surface area (Å²) in [5, 5.41) is -0.180. The Morgan fingerprint density at radius 3 is 1.80 bits per heavy atom. The molecule has 0 spiro atoms. The number of hydrogen-bond acceptors (Lipinski definition) is 2. The lowest BCUT2D eigenvalue weighted by molar-refractivity contribution is 0.670. The van der Waals surface area contributed by atoms with Gasteiger partial charge in [0.2, 0.25) is 0 Å². The van der Waals surface area contributed by atoms with Gasteiger partial charge in [0.25, 0.3) is 0 Å². The lowest BCUT2D eigenvalue weighted by Crippen LogP contribution is -2.29. The fourth-order valence-corrected chi connectivity index (χ4v) is 9.37. The Bertz CT molecular complexity index is 4280. The molecule has 302 valence electrons. The van der Waals surface area contributed by atoms with Crippen LogP contribution < -0.4 is 4.90 Å². The van der Waals surface area contributed by atoms with E-state index in [4.69, 9.17) is 20.9 Å². The number of nitrogens with zero attached hydrogens (tertiary/aromatic N) is 1. The van der Waals surface area contributed by atoms with Gasteiger partial charge in [0.1, 0.15) is 11.2 Å². The minimum atomic E-state index is -2.64. The zero-order valence-electron chi connectivity index (χ0n) is 49.0. The number of furan rings is 1. The van der Waals surface area contributed by atoms with E-state index in [1.807, 2.05) is 121 Å². The van der Waals surface area contributed by atoms with Gasteiger partial charge in [-0.15, -0.1) is 0 Å². The molecular weight excluding hydrogens is 775 g/mol. The highest BCUT2D eigenvalue weighted by Gasteiger charge is 2.46. The number of rotatable bonds is 8. The molecule has 0 amide bonds. The molecule has 0 saturated heterocycles. The molecule has 1 heterocycles. The Kier molecular flexibility index (Phi) is 5.99. The summed E-state index contributed by atoms with van der Waals surface area (Å²) in [7, 11) is 0. The van der Waals surface area contributed by atoms with Crippen LogP contribution >= 0.6 is 0 Å². The first-order valence-electron chi connectivity index (χ1n) is 28.3. The summed E-state index contributed by atoms with van der Waals surface area (Å²) in [6, 6.07) is 46.8. The third-order valence-electron chi connectivity index (χ3n) is 12.2. The first kappa shape index (κ1) is 25.0.